The standard InChI is InChI=1S/C23H14ClF6NO3/c24-17-10-6-14(7-11-17)19(32)31-18-12-8-16(9-13-18)21(22(25,26)27,23(28,29)30)34-20(33)15-4-2-1-3-5-15/h1-13H,(H,31,32). The summed E-state index contributed by atoms with van der Waals surface area (Å²) in [5, 5.41) is 2.71. The van der Waals surface area contributed by atoms with Gasteiger partial charge in [-0.1, -0.05) is 41.9 Å². The molecule has 0 aliphatic carbocycles. The highest BCUT2D eigenvalue weighted by atomic mass is 35.5. The van der Waals surface area contributed by atoms with Crippen molar-refractivity contribution in [3.8, 4) is 0 Å². The van der Waals surface area contributed by atoms with Gasteiger partial charge in [-0.05, 0) is 48.5 Å². The van der Waals surface area contributed by atoms with E-state index in [9.17, 15) is 35.9 Å². The van der Waals surface area contributed by atoms with Crippen molar-refractivity contribution in [3.63, 3.8) is 0 Å². The zero-order chi connectivity index (χ0) is 25.1. The molecular formula is C23H14ClF6NO3. The van der Waals surface area contributed by atoms with E-state index in [4.69, 9.17) is 11.6 Å². The Balaban J connectivity index is 1.97. The number of nitrogens with one attached hydrogen (secondary N) is 1. The van der Waals surface area contributed by atoms with Gasteiger partial charge in [0, 0.05) is 21.8 Å². The molecule has 34 heavy (non-hydrogen) atoms. The summed E-state index contributed by atoms with van der Waals surface area (Å²) in [6.45, 7) is 0. The maximum atomic E-state index is 13.9. The van der Waals surface area contributed by atoms with Gasteiger partial charge < -0.3 is 10.1 Å². The van der Waals surface area contributed by atoms with Crippen molar-refractivity contribution >= 4 is 29.2 Å². The summed E-state index contributed by atoms with van der Waals surface area (Å²) in [5.41, 5.74) is -6.75. The van der Waals surface area contributed by atoms with Crippen LogP contribution in [0.15, 0.2) is 78.9 Å². The van der Waals surface area contributed by atoms with Gasteiger partial charge in [0.15, 0.2) is 0 Å². The third kappa shape index (κ3) is 5.01. The van der Waals surface area contributed by atoms with Gasteiger partial charge in [0.1, 0.15) is 0 Å². The monoisotopic (exact) mass is 501 g/mol. The molecule has 3 aromatic carbocycles. The van der Waals surface area contributed by atoms with Crippen LogP contribution in [0.2, 0.25) is 5.02 Å². The van der Waals surface area contributed by atoms with E-state index in [1.807, 2.05) is 0 Å². The first-order chi connectivity index (χ1) is 15.8. The predicted octanol–water partition coefficient (Wildman–Crippen LogP) is 6.77. The lowest BCUT2D eigenvalue weighted by atomic mass is 9.91. The molecule has 3 aromatic rings. The van der Waals surface area contributed by atoms with E-state index in [2.05, 4.69) is 10.1 Å². The van der Waals surface area contributed by atoms with Crippen LogP contribution in [-0.2, 0) is 10.3 Å². The van der Waals surface area contributed by atoms with Crippen molar-refractivity contribution in [2.45, 2.75) is 18.0 Å². The van der Waals surface area contributed by atoms with E-state index in [1.165, 1.54) is 42.5 Å². The summed E-state index contributed by atoms with van der Waals surface area (Å²) in [6.07, 6.45) is -12.1. The van der Waals surface area contributed by atoms with E-state index < -0.39 is 41.0 Å². The number of alkyl halides is 6. The fourth-order valence-electron chi connectivity index (χ4n) is 3.03. The van der Waals surface area contributed by atoms with Crippen molar-refractivity contribution in [2.24, 2.45) is 0 Å². The first-order valence-electron chi connectivity index (χ1n) is 9.44. The van der Waals surface area contributed by atoms with Crippen molar-refractivity contribution < 1.29 is 40.7 Å². The summed E-state index contributed by atoms with van der Waals surface area (Å²) < 4.78 is 87.7. The average Bonchev–Trinajstić information content (AvgIpc) is 2.77. The van der Waals surface area contributed by atoms with Gasteiger partial charge in [0.2, 0.25) is 0 Å². The number of hydrogen-bond donors (Lipinski definition) is 1. The van der Waals surface area contributed by atoms with Crippen LogP contribution >= 0.6 is 11.6 Å². The summed E-state index contributed by atoms with van der Waals surface area (Å²) in [6, 6.07) is 14.3. The van der Waals surface area contributed by atoms with Crippen molar-refractivity contribution in [1.82, 2.24) is 0 Å². The molecule has 0 bridgehead atoms. The minimum atomic E-state index is -6.05. The van der Waals surface area contributed by atoms with E-state index in [1.54, 1.807) is 0 Å². The van der Waals surface area contributed by atoms with Gasteiger partial charge in [0.05, 0.1) is 5.56 Å². The minimum Gasteiger partial charge on any atom is -0.431 e. The molecule has 3 rings (SSSR count). The van der Waals surface area contributed by atoms with Gasteiger partial charge in [-0.25, -0.2) is 4.79 Å². The number of hydrogen-bond acceptors (Lipinski definition) is 3. The molecule has 0 aliphatic rings. The van der Waals surface area contributed by atoms with Crippen LogP contribution in [0.1, 0.15) is 26.3 Å². The van der Waals surface area contributed by atoms with Crippen LogP contribution < -0.4 is 5.32 Å². The third-order valence-electron chi connectivity index (χ3n) is 4.71. The molecule has 11 heteroatoms. The zero-order valence-electron chi connectivity index (χ0n) is 16.9. The Morgan fingerprint density at radius 2 is 1.24 bits per heavy atom. The normalized spacial score (nSPS) is 12.2. The molecule has 1 amide bonds. The minimum absolute atomic E-state index is 0.0867. The second-order valence-corrected chi connectivity index (χ2v) is 7.41. The molecule has 0 saturated carbocycles. The van der Waals surface area contributed by atoms with Gasteiger partial charge in [-0.15, -0.1) is 0 Å². The number of rotatable bonds is 5. The topological polar surface area (TPSA) is 55.4 Å². The van der Waals surface area contributed by atoms with E-state index >= 15 is 0 Å². The number of benzene rings is 3. The first kappa shape index (κ1) is 25.1. The maximum Gasteiger partial charge on any atom is 0.442 e. The molecule has 0 spiro atoms. The van der Waals surface area contributed by atoms with Crippen LogP contribution in [0.4, 0.5) is 32.0 Å². The maximum absolute atomic E-state index is 13.9. The van der Waals surface area contributed by atoms with E-state index in [0.29, 0.717) is 17.2 Å². The molecule has 0 atom stereocenters. The van der Waals surface area contributed by atoms with Gasteiger partial charge >= 0.3 is 23.9 Å². The molecule has 0 unspecified atom stereocenters. The summed E-state index contributed by atoms with van der Waals surface area (Å²) in [5.74, 6) is -2.48. The molecule has 1 N–H and O–H groups in total. The number of halogens is 7. The molecule has 178 valence electrons. The SMILES string of the molecule is O=C(Nc1ccc(C(OC(=O)c2ccccc2)(C(F)(F)F)C(F)(F)F)cc1)c1ccc(Cl)cc1. The largest absolute Gasteiger partial charge is 0.442 e. The van der Waals surface area contributed by atoms with Crippen LogP contribution in [-0.4, -0.2) is 24.2 Å². The highest BCUT2D eigenvalue weighted by molar-refractivity contribution is 6.30. The molecule has 0 fully saturated rings. The lowest BCUT2D eigenvalue weighted by Gasteiger charge is -2.36. The summed E-state index contributed by atoms with van der Waals surface area (Å²) in [4.78, 5) is 24.5. The highest BCUT2D eigenvalue weighted by Crippen LogP contribution is 2.53. The van der Waals surface area contributed by atoms with Crippen LogP contribution in [0.3, 0.4) is 0 Å². The van der Waals surface area contributed by atoms with Crippen LogP contribution in [0.25, 0.3) is 0 Å². The first-order valence-corrected chi connectivity index (χ1v) is 9.82. The number of anilines is 1. The lowest BCUT2D eigenvalue weighted by molar-refractivity contribution is -0.373. The van der Waals surface area contributed by atoms with Gasteiger partial charge in [0.25, 0.3) is 5.91 Å². The quantitative estimate of drug-likeness (QED) is 0.310. The Morgan fingerprint density at radius 1 is 0.706 bits per heavy atom. The van der Waals surface area contributed by atoms with Gasteiger partial charge in [-0.2, -0.15) is 26.3 Å². The average molecular weight is 502 g/mol. The number of carbonyl (C=O) groups is 2. The summed E-state index contributed by atoms with van der Waals surface area (Å²) >= 11 is 5.73. The molecule has 0 aromatic heterocycles. The molecular weight excluding hydrogens is 488 g/mol. The Labute approximate surface area is 194 Å². The highest BCUT2D eigenvalue weighted by Gasteiger charge is 2.75. The Hall–Kier alpha value is -3.53. The zero-order valence-corrected chi connectivity index (χ0v) is 17.6. The summed E-state index contributed by atoms with van der Waals surface area (Å²) in [7, 11) is 0. The smallest absolute Gasteiger partial charge is 0.431 e. The van der Waals surface area contributed by atoms with Gasteiger partial charge in [-0.3, -0.25) is 4.79 Å². The van der Waals surface area contributed by atoms with Crippen molar-refractivity contribution in [2.75, 3.05) is 5.32 Å². The fraction of sp³-hybridized carbons (Fsp3) is 0.130. The Morgan fingerprint density at radius 3 is 1.74 bits per heavy atom. The van der Waals surface area contributed by atoms with Crippen molar-refractivity contribution in [1.29, 1.82) is 0 Å². The Bertz CT molecular complexity index is 1150. The fourth-order valence-corrected chi connectivity index (χ4v) is 3.15. The number of esters is 1. The Kier molecular flexibility index (Phi) is 6.92. The number of carbonyl (C=O) groups excluding carboxylic acids is 2. The van der Waals surface area contributed by atoms with E-state index in [-0.39, 0.29) is 11.3 Å². The van der Waals surface area contributed by atoms with Crippen molar-refractivity contribution in [3.05, 3.63) is 101 Å². The second-order valence-electron chi connectivity index (χ2n) is 6.97. The predicted molar refractivity (Wildman–Crippen MR) is 111 cm³/mol. The second kappa shape index (κ2) is 9.38. The lowest BCUT2D eigenvalue weighted by Crippen LogP contribution is -2.56. The third-order valence-corrected chi connectivity index (χ3v) is 4.96. The van der Waals surface area contributed by atoms with E-state index in [0.717, 1.165) is 24.3 Å². The number of amides is 1. The molecule has 0 saturated heterocycles. The molecule has 0 radical (unpaired) electrons. The molecule has 0 aliphatic heterocycles. The van der Waals surface area contributed by atoms with Crippen LogP contribution in [0.5, 0.6) is 0 Å². The molecule has 0 heterocycles. The molecule has 4 nitrogen and oxygen atoms in total. The van der Waals surface area contributed by atoms with Crippen LogP contribution in [0, 0.1) is 0 Å². The number of ether oxygens (including phenoxy) is 1.